The van der Waals surface area contributed by atoms with Crippen LogP contribution in [0.1, 0.15) is 10.5 Å². The van der Waals surface area contributed by atoms with E-state index in [1.54, 1.807) is 10.9 Å². The SMILES string of the molecule is O=C1OCCn2ncc(Br)c21. The number of rotatable bonds is 0. The lowest BCUT2D eigenvalue weighted by Gasteiger charge is -2.13. The maximum absolute atomic E-state index is 11.1. The fraction of sp³-hybridized carbons (Fsp3) is 0.333. The van der Waals surface area contributed by atoms with E-state index in [9.17, 15) is 4.79 Å². The quantitative estimate of drug-likeness (QED) is 0.604. The highest BCUT2D eigenvalue weighted by atomic mass is 79.9. The van der Waals surface area contributed by atoms with Crippen LogP contribution in [-0.2, 0) is 11.3 Å². The molecule has 1 aromatic rings. The van der Waals surface area contributed by atoms with Crippen LogP contribution in [0.2, 0.25) is 0 Å². The summed E-state index contributed by atoms with van der Waals surface area (Å²) in [5.74, 6) is -0.305. The van der Waals surface area contributed by atoms with Crippen molar-refractivity contribution in [1.82, 2.24) is 9.78 Å². The molecule has 0 unspecified atom stereocenters. The van der Waals surface area contributed by atoms with E-state index in [2.05, 4.69) is 21.0 Å². The molecule has 1 aromatic heterocycles. The molecule has 1 aliphatic rings. The van der Waals surface area contributed by atoms with Crippen molar-refractivity contribution in [2.24, 2.45) is 0 Å². The van der Waals surface area contributed by atoms with Gasteiger partial charge >= 0.3 is 5.97 Å². The molecule has 58 valence electrons. The molecule has 0 radical (unpaired) electrons. The van der Waals surface area contributed by atoms with E-state index < -0.39 is 0 Å². The predicted octanol–water partition coefficient (Wildman–Crippen LogP) is 0.816. The number of nitrogens with zero attached hydrogens (tertiary/aromatic N) is 2. The predicted molar refractivity (Wildman–Crippen MR) is 40.2 cm³/mol. The summed E-state index contributed by atoms with van der Waals surface area (Å²) >= 11 is 3.21. The van der Waals surface area contributed by atoms with Gasteiger partial charge in [-0.2, -0.15) is 5.10 Å². The van der Waals surface area contributed by atoms with Crippen LogP contribution in [0.15, 0.2) is 10.7 Å². The molecule has 2 heterocycles. The Balaban J connectivity index is 2.56. The summed E-state index contributed by atoms with van der Waals surface area (Å²) in [5, 5.41) is 3.98. The molecule has 0 saturated carbocycles. The van der Waals surface area contributed by atoms with Crippen molar-refractivity contribution in [1.29, 1.82) is 0 Å². The molecule has 11 heavy (non-hydrogen) atoms. The van der Waals surface area contributed by atoms with E-state index in [4.69, 9.17) is 4.74 Å². The van der Waals surface area contributed by atoms with Crippen molar-refractivity contribution in [3.8, 4) is 0 Å². The van der Waals surface area contributed by atoms with Gasteiger partial charge in [-0.15, -0.1) is 0 Å². The lowest BCUT2D eigenvalue weighted by atomic mass is 10.4. The van der Waals surface area contributed by atoms with E-state index in [1.165, 1.54) is 0 Å². The summed E-state index contributed by atoms with van der Waals surface area (Å²) in [7, 11) is 0. The fourth-order valence-corrected chi connectivity index (χ4v) is 1.49. The van der Waals surface area contributed by atoms with Gasteiger partial charge in [0.05, 0.1) is 17.2 Å². The summed E-state index contributed by atoms with van der Waals surface area (Å²) in [6.45, 7) is 1.06. The van der Waals surface area contributed by atoms with Crippen LogP contribution in [-0.4, -0.2) is 22.4 Å². The van der Waals surface area contributed by atoms with Crippen molar-refractivity contribution in [2.45, 2.75) is 6.54 Å². The molecule has 0 saturated heterocycles. The zero-order valence-corrected chi connectivity index (χ0v) is 7.17. The number of esters is 1. The molecular formula is C6H5BrN2O2. The van der Waals surface area contributed by atoms with Crippen LogP contribution in [0.3, 0.4) is 0 Å². The summed E-state index contributed by atoms with van der Waals surface area (Å²) in [6, 6.07) is 0. The van der Waals surface area contributed by atoms with Gasteiger partial charge in [-0.1, -0.05) is 0 Å². The van der Waals surface area contributed by atoms with E-state index >= 15 is 0 Å². The molecule has 0 aliphatic carbocycles. The summed E-state index contributed by atoms with van der Waals surface area (Å²) < 4.78 is 7.15. The highest BCUT2D eigenvalue weighted by Gasteiger charge is 2.22. The highest BCUT2D eigenvalue weighted by Crippen LogP contribution is 2.19. The maximum atomic E-state index is 11.1. The Labute approximate surface area is 71.3 Å². The molecule has 4 nitrogen and oxygen atoms in total. The van der Waals surface area contributed by atoms with Gasteiger partial charge in [0.25, 0.3) is 0 Å². The lowest BCUT2D eigenvalue weighted by Crippen LogP contribution is -2.23. The second-order valence-corrected chi connectivity index (χ2v) is 3.05. The zero-order chi connectivity index (χ0) is 7.84. The molecule has 0 fully saturated rings. The number of fused-ring (bicyclic) bond motifs is 1. The number of aromatic nitrogens is 2. The van der Waals surface area contributed by atoms with Crippen molar-refractivity contribution in [3.63, 3.8) is 0 Å². The first-order chi connectivity index (χ1) is 5.29. The van der Waals surface area contributed by atoms with Gasteiger partial charge in [-0.05, 0) is 15.9 Å². The average Bonchev–Trinajstić information content (AvgIpc) is 2.34. The Morgan fingerprint density at radius 1 is 1.73 bits per heavy atom. The second-order valence-electron chi connectivity index (χ2n) is 2.20. The van der Waals surface area contributed by atoms with Crippen LogP contribution in [0.25, 0.3) is 0 Å². The minimum atomic E-state index is -0.305. The van der Waals surface area contributed by atoms with Crippen LogP contribution in [0, 0.1) is 0 Å². The van der Waals surface area contributed by atoms with E-state index in [0.29, 0.717) is 23.3 Å². The number of carbonyl (C=O) groups is 1. The third kappa shape index (κ3) is 0.956. The van der Waals surface area contributed by atoms with Gasteiger partial charge in [0.1, 0.15) is 6.61 Å². The van der Waals surface area contributed by atoms with Crippen LogP contribution in [0.4, 0.5) is 0 Å². The highest BCUT2D eigenvalue weighted by molar-refractivity contribution is 9.10. The summed E-state index contributed by atoms with van der Waals surface area (Å²) in [4.78, 5) is 11.1. The Kier molecular flexibility index (Phi) is 1.45. The summed E-state index contributed by atoms with van der Waals surface area (Å²) in [6.07, 6.45) is 1.60. The maximum Gasteiger partial charge on any atom is 0.357 e. The number of hydrogen-bond donors (Lipinski definition) is 0. The largest absolute Gasteiger partial charge is 0.459 e. The zero-order valence-electron chi connectivity index (χ0n) is 5.58. The van der Waals surface area contributed by atoms with Gasteiger partial charge in [0.15, 0.2) is 5.69 Å². The van der Waals surface area contributed by atoms with Gasteiger partial charge in [0.2, 0.25) is 0 Å². The summed E-state index contributed by atoms with van der Waals surface area (Å²) in [5.41, 5.74) is 0.510. The number of halogens is 1. The van der Waals surface area contributed by atoms with Crippen molar-refractivity contribution < 1.29 is 9.53 Å². The molecule has 5 heteroatoms. The van der Waals surface area contributed by atoms with Crippen LogP contribution >= 0.6 is 15.9 Å². The third-order valence-corrected chi connectivity index (χ3v) is 2.10. The molecule has 0 amide bonds. The topological polar surface area (TPSA) is 44.1 Å². The Morgan fingerprint density at radius 3 is 3.27 bits per heavy atom. The van der Waals surface area contributed by atoms with Crippen molar-refractivity contribution in [2.75, 3.05) is 6.61 Å². The Morgan fingerprint density at radius 2 is 2.55 bits per heavy atom. The molecule has 2 rings (SSSR count). The van der Waals surface area contributed by atoms with Gasteiger partial charge in [-0.3, -0.25) is 4.68 Å². The molecule has 0 atom stereocenters. The fourth-order valence-electron chi connectivity index (χ4n) is 1.03. The number of cyclic esters (lactones) is 1. The molecular weight excluding hydrogens is 212 g/mol. The first kappa shape index (κ1) is 6.84. The van der Waals surface area contributed by atoms with E-state index in [-0.39, 0.29) is 5.97 Å². The molecule has 0 bridgehead atoms. The standard InChI is InChI=1S/C6H5BrN2O2/c7-4-3-8-9-1-2-11-6(10)5(4)9/h3H,1-2H2. The van der Waals surface area contributed by atoms with Gasteiger partial charge < -0.3 is 4.74 Å². The second kappa shape index (κ2) is 2.34. The molecule has 0 aromatic carbocycles. The minimum absolute atomic E-state index is 0.305. The first-order valence-electron chi connectivity index (χ1n) is 3.17. The van der Waals surface area contributed by atoms with Gasteiger partial charge in [0, 0.05) is 0 Å². The van der Waals surface area contributed by atoms with Gasteiger partial charge in [-0.25, -0.2) is 4.79 Å². The van der Waals surface area contributed by atoms with Crippen LogP contribution < -0.4 is 0 Å². The molecule has 0 N–H and O–H groups in total. The normalized spacial score (nSPS) is 15.9. The smallest absolute Gasteiger partial charge is 0.357 e. The average molecular weight is 217 g/mol. The van der Waals surface area contributed by atoms with E-state index in [0.717, 1.165) is 0 Å². The number of hydrogen-bond acceptors (Lipinski definition) is 3. The number of ether oxygens (including phenoxy) is 1. The molecule has 0 spiro atoms. The number of carbonyl (C=O) groups excluding carboxylic acids is 1. The van der Waals surface area contributed by atoms with Crippen molar-refractivity contribution >= 4 is 21.9 Å². The first-order valence-corrected chi connectivity index (χ1v) is 3.97. The Bertz CT molecular complexity index is 308. The Hall–Kier alpha value is -0.840. The van der Waals surface area contributed by atoms with Crippen LogP contribution in [0.5, 0.6) is 0 Å². The van der Waals surface area contributed by atoms with Crippen molar-refractivity contribution in [3.05, 3.63) is 16.4 Å². The monoisotopic (exact) mass is 216 g/mol. The lowest BCUT2D eigenvalue weighted by molar-refractivity contribution is 0.0410. The molecule has 1 aliphatic heterocycles. The third-order valence-electron chi connectivity index (χ3n) is 1.52. The minimum Gasteiger partial charge on any atom is -0.459 e. The van der Waals surface area contributed by atoms with E-state index in [1.807, 2.05) is 0 Å².